The minimum absolute atomic E-state index is 0.0562. The van der Waals surface area contributed by atoms with Crippen LogP contribution in [0.3, 0.4) is 0 Å². The molecular weight excluding hydrogens is 336 g/mol. The summed E-state index contributed by atoms with van der Waals surface area (Å²) in [5, 5.41) is 13.8. The molecule has 0 aromatic carbocycles. The van der Waals surface area contributed by atoms with Crippen molar-refractivity contribution in [2.75, 3.05) is 5.75 Å². The Bertz CT molecular complexity index is 588. The van der Waals surface area contributed by atoms with E-state index in [-0.39, 0.29) is 34.7 Å². The predicted molar refractivity (Wildman–Crippen MR) is 91.5 cm³/mol. The fourth-order valence-corrected chi connectivity index (χ4v) is 4.85. The van der Waals surface area contributed by atoms with Crippen LogP contribution in [-0.4, -0.2) is 44.8 Å². The Hall–Kier alpha value is -1.41. The summed E-state index contributed by atoms with van der Waals surface area (Å²) in [4.78, 5) is 36.8. The van der Waals surface area contributed by atoms with Crippen molar-refractivity contribution in [3.05, 3.63) is 22.2 Å². The predicted octanol–water partition coefficient (Wildman–Crippen LogP) is 2.00. The summed E-state index contributed by atoms with van der Waals surface area (Å²) >= 11 is 2.96. The molecule has 1 saturated heterocycles. The van der Waals surface area contributed by atoms with Gasteiger partial charge in [-0.2, -0.15) is 11.8 Å². The third-order valence-corrected chi connectivity index (χ3v) is 5.94. The number of carbonyl (C=O) groups excluding carboxylic acids is 2. The first-order valence-corrected chi connectivity index (χ1v) is 9.31. The summed E-state index contributed by atoms with van der Waals surface area (Å²) in [6.45, 7) is 5.47. The van der Waals surface area contributed by atoms with Crippen LogP contribution in [0.2, 0.25) is 0 Å². The maximum absolute atomic E-state index is 12.4. The summed E-state index contributed by atoms with van der Waals surface area (Å²) < 4.78 is 0. The van der Waals surface area contributed by atoms with E-state index in [9.17, 15) is 19.5 Å². The zero-order valence-corrected chi connectivity index (χ0v) is 14.9. The van der Waals surface area contributed by atoms with Crippen molar-refractivity contribution in [2.24, 2.45) is 5.92 Å². The van der Waals surface area contributed by atoms with E-state index in [1.54, 1.807) is 17.2 Å². The Morgan fingerprint density at radius 1 is 1.52 bits per heavy atom. The number of nitrogens with one attached hydrogen (secondary N) is 1. The molecule has 2 heterocycles. The Balaban J connectivity index is 2.11. The van der Waals surface area contributed by atoms with Gasteiger partial charge in [-0.1, -0.05) is 25.6 Å². The van der Waals surface area contributed by atoms with E-state index in [2.05, 4.69) is 5.32 Å². The third-order valence-electron chi connectivity index (χ3n) is 3.87. The van der Waals surface area contributed by atoms with Gasteiger partial charge >= 0.3 is 5.97 Å². The van der Waals surface area contributed by atoms with E-state index >= 15 is 0 Å². The van der Waals surface area contributed by atoms with Gasteiger partial charge in [0.05, 0.1) is 12.0 Å². The average Bonchev–Trinajstić information content (AvgIpc) is 2.78. The number of nitrogens with zero attached hydrogens (tertiary/aromatic N) is 1. The molecule has 23 heavy (non-hydrogen) atoms. The van der Waals surface area contributed by atoms with Crippen molar-refractivity contribution in [3.8, 4) is 0 Å². The average molecular weight is 356 g/mol. The van der Waals surface area contributed by atoms with Crippen LogP contribution in [-0.2, 0) is 14.4 Å². The van der Waals surface area contributed by atoms with E-state index in [4.69, 9.17) is 0 Å². The summed E-state index contributed by atoms with van der Waals surface area (Å²) in [5.74, 6) is -0.553. The third kappa shape index (κ3) is 3.58. The fraction of sp³-hybridized carbons (Fsp3) is 0.533. The number of carboxylic acids is 1. The lowest BCUT2D eigenvalue weighted by Gasteiger charge is -2.45. The first-order chi connectivity index (χ1) is 10.9. The Morgan fingerprint density at radius 2 is 2.22 bits per heavy atom. The molecule has 0 aromatic rings. The second-order valence-corrected chi connectivity index (χ2v) is 8.02. The number of β-lactam (4-membered cyclic amide) rings is 1. The fourth-order valence-electron chi connectivity index (χ4n) is 2.96. The van der Waals surface area contributed by atoms with Gasteiger partial charge < -0.3 is 15.3 Å². The van der Waals surface area contributed by atoms with Gasteiger partial charge in [-0.15, -0.1) is 0 Å². The largest absolute Gasteiger partial charge is 0.477 e. The molecule has 2 rings (SSSR count). The molecule has 0 unspecified atom stereocenters. The minimum Gasteiger partial charge on any atom is -0.477 e. The van der Waals surface area contributed by atoms with Crippen LogP contribution >= 0.6 is 23.5 Å². The lowest BCUT2D eigenvalue weighted by Crippen LogP contribution is -2.61. The highest BCUT2D eigenvalue weighted by Crippen LogP contribution is 2.48. The van der Waals surface area contributed by atoms with E-state index in [0.29, 0.717) is 11.3 Å². The summed E-state index contributed by atoms with van der Waals surface area (Å²) in [5.41, 5.74) is 0.0856. The number of thioether (sulfide) groups is 2. The summed E-state index contributed by atoms with van der Waals surface area (Å²) in [7, 11) is 0. The van der Waals surface area contributed by atoms with E-state index in [0.717, 1.165) is 5.75 Å². The van der Waals surface area contributed by atoms with Gasteiger partial charge in [0.15, 0.2) is 0 Å². The van der Waals surface area contributed by atoms with Crippen LogP contribution < -0.4 is 5.32 Å². The number of hydrogen-bond donors (Lipinski definition) is 2. The summed E-state index contributed by atoms with van der Waals surface area (Å²) in [6.07, 6.45) is 2.03. The molecule has 2 N–H and O–H groups in total. The van der Waals surface area contributed by atoms with Gasteiger partial charge in [-0.25, -0.2) is 4.79 Å². The van der Waals surface area contributed by atoms with Crippen LogP contribution in [0.15, 0.2) is 22.2 Å². The number of hydrogen-bond acceptors (Lipinski definition) is 5. The highest BCUT2D eigenvalue weighted by Gasteiger charge is 2.56. The number of carbonyl (C=O) groups is 3. The van der Waals surface area contributed by atoms with Crippen LogP contribution in [0.4, 0.5) is 0 Å². The van der Waals surface area contributed by atoms with Gasteiger partial charge in [0, 0.05) is 29.7 Å². The maximum atomic E-state index is 12.4. The lowest BCUT2D eigenvalue weighted by atomic mass is 9.85. The number of carboxylic acid groups (broad SMARTS) is 1. The zero-order chi connectivity index (χ0) is 17.1. The van der Waals surface area contributed by atoms with Crippen molar-refractivity contribution >= 4 is 41.3 Å². The second kappa shape index (κ2) is 7.44. The molecule has 0 aromatic heterocycles. The van der Waals surface area contributed by atoms with Crippen LogP contribution in [0.1, 0.15) is 27.2 Å². The van der Waals surface area contributed by atoms with Gasteiger partial charge in [-0.05, 0) is 11.2 Å². The van der Waals surface area contributed by atoms with Crippen LogP contribution in [0.5, 0.6) is 0 Å². The molecule has 3 atom stereocenters. The van der Waals surface area contributed by atoms with Crippen molar-refractivity contribution in [1.82, 2.24) is 10.2 Å². The van der Waals surface area contributed by atoms with Crippen LogP contribution in [0, 0.1) is 5.92 Å². The maximum Gasteiger partial charge on any atom is 0.353 e. The van der Waals surface area contributed by atoms with Gasteiger partial charge in [0.1, 0.15) is 5.70 Å². The highest BCUT2D eigenvalue weighted by atomic mass is 32.2. The molecule has 126 valence electrons. The number of amides is 2. The van der Waals surface area contributed by atoms with Gasteiger partial charge in [0.2, 0.25) is 11.8 Å². The monoisotopic (exact) mass is 356 g/mol. The number of aliphatic carboxylic acids is 1. The Labute approximate surface area is 143 Å². The smallest absolute Gasteiger partial charge is 0.353 e. The zero-order valence-electron chi connectivity index (χ0n) is 13.2. The van der Waals surface area contributed by atoms with Gasteiger partial charge in [0.25, 0.3) is 0 Å². The first kappa shape index (κ1) is 17.9. The topological polar surface area (TPSA) is 86.7 Å². The standard InChI is InChI=1S/C15H20N2O4S2/c1-4-22-8(2)12-10-7-11(23-6-5-16-9(3)18)13(15(20)21)17(10)14(12)19/h5-6,8,10,12H,4,7H2,1-3H3,(H,16,18)(H,20,21)/t8-,10+,12+/m0/s1. The molecule has 2 aliphatic heterocycles. The molecule has 6 nitrogen and oxygen atoms in total. The molecule has 0 radical (unpaired) electrons. The molecule has 2 amide bonds. The Morgan fingerprint density at radius 3 is 2.78 bits per heavy atom. The lowest BCUT2D eigenvalue weighted by molar-refractivity contribution is -0.154. The Kier molecular flexibility index (Phi) is 5.80. The molecule has 0 saturated carbocycles. The van der Waals surface area contributed by atoms with Gasteiger partial charge in [-0.3, -0.25) is 9.59 Å². The van der Waals surface area contributed by atoms with Crippen molar-refractivity contribution < 1.29 is 19.5 Å². The van der Waals surface area contributed by atoms with E-state index in [1.807, 2.05) is 13.8 Å². The molecule has 2 aliphatic rings. The highest BCUT2D eigenvalue weighted by molar-refractivity contribution is 8.05. The molecule has 0 bridgehead atoms. The van der Waals surface area contributed by atoms with Crippen molar-refractivity contribution in [1.29, 1.82) is 0 Å². The van der Waals surface area contributed by atoms with Crippen molar-refractivity contribution in [2.45, 2.75) is 38.5 Å². The second-order valence-electron chi connectivity index (χ2n) is 5.36. The first-order valence-electron chi connectivity index (χ1n) is 7.38. The van der Waals surface area contributed by atoms with E-state index < -0.39 is 5.97 Å². The molecule has 0 aliphatic carbocycles. The van der Waals surface area contributed by atoms with Crippen LogP contribution in [0.25, 0.3) is 0 Å². The SMILES string of the molecule is CCS[C@@H](C)[C@H]1C(=O)N2C(C(=O)O)=C(SC=CNC(C)=O)C[C@H]12. The normalized spacial score (nSPS) is 24.7. The quantitative estimate of drug-likeness (QED) is 0.679. The molecule has 1 fully saturated rings. The number of rotatable bonds is 7. The van der Waals surface area contributed by atoms with E-state index in [1.165, 1.54) is 29.8 Å². The molecule has 8 heteroatoms. The summed E-state index contributed by atoms with van der Waals surface area (Å²) in [6, 6.07) is -0.0562. The molecular formula is C15H20N2O4S2. The van der Waals surface area contributed by atoms with Crippen molar-refractivity contribution in [3.63, 3.8) is 0 Å². The minimum atomic E-state index is -1.08. The number of fused-ring (bicyclic) bond motifs is 1. The molecule has 0 spiro atoms.